The Morgan fingerprint density at radius 3 is 1.95 bits per heavy atom. The second kappa shape index (κ2) is 15.0. The van der Waals surface area contributed by atoms with Gasteiger partial charge >= 0.3 is 24.0 Å². The number of anilines is 1. The Labute approximate surface area is 225 Å². The fourth-order valence-electron chi connectivity index (χ4n) is 3.58. The molecule has 0 aliphatic rings. The van der Waals surface area contributed by atoms with Crippen LogP contribution < -0.4 is 5.32 Å². The summed E-state index contributed by atoms with van der Waals surface area (Å²) >= 11 is 1.34. The van der Waals surface area contributed by atoms with Crippen molar-refractivity contribution in [1.82, 2.24) is 0 Å². The predicted octanol–water partition coefficient (Wildman–Crippen LogP) is 8.03. The van der Waals surface area contributed by atoms with Gasteiger partial charge in [-0.1, -0.05) is 38.5 Å². The van der Waals surface area contributed by atoms with Crippen LogP contribution in [0.3, 0.4) is 0 Å². The first-order chi connectivity index (χ1) is 17.9. The van der Waals surface area contributed by atoms with Gasteiger partial charge in [0.05, 0.1) is 4.91 Å². The molecule has 0 saturated carbocycles. The minimum Gasteiger partial charge on any atom is -0.380 e. The maximum absolute atomic E-state index is 13.1. The van der Waals surface area contributed by atoms with E-state index in [1.807, 2.05) is 0 Å². The first-order valence-electron chi connectivity index (χ1n) is 12.3. The van der Waals surface area contributed by atoms with Gasteiger partial charge in [-0.15, -0.1) is 0 Å². The molecule has 3 N–H and O–H groups in total. The van der Waals surface area contributed by atoms with Crippen molar-refractivity contribution in [3.8, 4) is 0 Å². The van der Waals surface area contributed by atoms with Crippen LogP contribution in [-0.2, 0) is 11.0 Å². The Balaban J connectivity index is 2.24. The average molecular weight is 598 g/mol. The number of aliphatic hydroxyl groups is 1. The smallest absolute Gasteiger partial charge is 0.380 e. The van der Waals surface area contributed by atoms with E-state index in [9.17, 15) is 49.9 Å². The van der Waals surface area contributed by atoms with Crippen molar-refractivity contribution in [2.75, 3.05) is 16.8 Å². The topological polar surface area (TPSA) is 89.6 Å². The molecule has 0 aliphatic carbocycles. The minimum atomic E-state index is -5.51. The van der Waals surface area contributed by atoms with Gasteiger partial charge in [0.2, 0.25) is 0 Å². The molecule has 0 heterocycles. The van der Waals surface area contributed by atoms with Gasteiger partial charge in [0.25, 0.3) is 10.8 Å². The van der Waals surface area contributed by atoms with Crippen molar-refractivity contribution in [3.05, 3.63) is 28.7 Å². The summed E-state index contributed by atoms with van der Waals surface area (Å²) in [7, 11) is 0. The average Bonchev–Trinajstić information content (AvgIpc) is 2.80. The molecule has 0 radical (unpaired) electrons. The Kier molecular flexibility index (Phi) is 13.4. The van der Waals surface area contributed by atoms with E-state index < -0.39 is 52.4 Å². The standard InChI is InChI=1S/C24H32F8N2O4S/c1-21(36,20(35)33-17-10-11-19(34(37)38)18(16-17)23(27,28)29)12-7-5-3-2-4-6-8-14-39-15-9-13-22(25,26)24(30,31)32/h10-11,16,36H,2-9,12-15H2,1H3,(H-,33,35,37,38)/p+1. The van der Waals surface area contributed by atoms with Crippen LogP contribution in [0.5, 0.6) is 0 Å². The molecule has 0 aliphatic heterocycles. The summed E-state index contributed by atoms with van der Waals surface area (Å²) in [4.78, 5) is 22.4. The number of unbranched alkanes of at least 4 members (excludes halogenated alkanes) is 6. The lowest BCUT2D eigenvalue weighted by molar-refractivity contribution is -0.730. The molecule has 0 bridgehead atoms. The Morgan fingerprint density at radius 1 is 0.872 bits per heavy atom. The van der Waals surface area contributed by atoms with Gasteiger partial charge in [-0.3, -0.25) is 4.79 Å². The lowest BCUT2D eigenvalue weighted by Crippen LogP contribution is -2.40. The van der Waals surface area contributed by atoms with Crippen LogP contribution in [-0.4, -0.2) is 50.3 Å². The molecule has 0 fully saturated rings. The number of hydrogen-bond donors (Lipinski definition) is 3. The summed E-state index contributed by atoms with van der Waals surface area (Å²) in [5.74, 6) is -4.68. The molecule has 15 heteroatoms. The third-order valence-electron chi connectivity index (χ3n) is 5.90. The molecule has 1 atom stereocenters. The number of thioether (sulfide) groups is 1. The molecule has 1 aromatic carbocycles. The molecule has 0 spiro atoms. The number of nitrogens with one attached hydrogen (secondary N) is 1. The number of halogens is 8. The zero-order valence-electron chi connectivity index (χ0n) is 21.3. The van der Waals surface area contributed by atoms with Gasteiger partial charge < -0.3 is 10.4 Å². The summed E-state index contributed by atoms with van der Waals surface area (Å²) in [6, 6.07) is 2.17. The number of benzene rings is 1. The molecule has 1 aromatic rings. The summed E-state index contributed by atoms with van der Waals surface area (Å²) in [6.07, 6.45) is -6.47. The van der Waals surface area contributed by atoms with E-state index in [1.54, 1.807) is 0 Å². The van der Waals surface area contributed by atoms with Gasteiger partial charge in [-0.05, 0) is 49.8 Å². The summed E-state index contributed by atoms with van der Waals surface area (Å²) < 4.78 is 101. The van der Waals surface area contributed by atoms with E-state index in [1.165, 1.54) is 18.7 Å². The maximum Gasteiger partial charge on any atom is 0.453 e. The van der Waals surface area contributed by atoms with Crippen molar-refractivity contribution >= 4 is 29.0 Å². The monoisotopic (exact) mass is 597 g/mol. The highest BCUT2D eigenvalue weighted by molar-refractivity contribution is 7.99. The summed E-state index contributed by atoms with van der Waals surface area (Å²) in [6.45, 7) is 1.23. The van der Waals surface area contributed by atoms with Crippen LogP contribution in [0.2, 0.25) is 0 Å². The van der Waals surface area contributed by atoms with Crippen LogP contribution in [0.4, 0.5) is 46.5 Å². The van der Waals surface area contributed by atoms with Gasteiger partial charge in [-0.25, -0.2) is 5.21 Å². The van der Waals surface area contributed by atoms with Gasteiger partial charge in [-0.2, -0.15) is 46.9 Å². The number of amides is 1. The number of rotatable bonds is 17. The quantitative estimate of drug-likeness (QED) is 0.0961. The Morgan fingerprint density at radius 2 is 1.41 bits per heavy atom. The SMILES string of the molecule is CC(O)(CCCCCCCCCSCCCC(F)(F)C(F)(F)F)C(=O)Nc1ccc([N+](=O)O)c(C(F)(F)F)c1. The van der Waals surface area contributed by atoms with Gasteiger partial charge in [0, 0.05) is 18.2 Å². The number of nitrogens with zero attached hydrogens (tertiary/aromatic N) is 1. The zero-order chi connectivity index (χ0) is 29.9. The van der Waals surface area contributed by atoms with Crippen molar-refractivity contribution in [2.45, 2.75) is 95.0 Å². The first kappa shape index (κ1) is 34.9. The lowest BCUT2D eigenvalue weighted by Gasteiger charge is -2.22. The van der Waals surface area contributed by atoms with Gasteiger partial charge in [0.1, 0.15) is 11.2 Å². The lowest BCUT2D eigenvalue weighted by atomic mass is 9.96. The molecular formula is C24H33F8N2O4S+. The molecule has 0 saturated heterocycles. The van der Waals surface area contributed by atoms with Crippen molar-refractivity contribution in [2.24, 2.45) is 0 Å². The number of carbonyl (C=O) groups excluding carboxylic acids is 1. The highest BCUT2D eigenvalue weighted by atomic mass is 32.2. The van der Waals surface area contributed by atoms with E-state index in [0.29, 0.717) is 30.7 Å². The van der Waals surface area contributed by atoms with Crippen molar-refractivity contribution < 1.29 is 55.2 Å². The van der Waals surface area contributed by atoms with Crippen LogP contribution in [0.1, 0.15) is 76.7 Å². The van der Waals surface area contributed by atoms with Crippen molar-refractivity contribution in [3.63, 3.8) is 0 Å². The number of alkyl halides is 8. The highest BCUT2D eigenvalue weighted by Crippen LogP contribution is 2.39. The van der Waals surface area contributed by atoms with E-state index in [4.69, 9.17) is 5.21 Å². The first-order valence-corrected chi connectivity index (χ1v) is 13.5. The Hall–Kier alpha value is -2.16. The minimum absolute atomic E-state index is 0.0536. The van der Waals surface area contributed by atoms with Crippen LogP contribution in [0.25, 0.3) is 0 Å². The Bertz CT molecular complexity index is 940. The third-order valence-corrected chi connectivity index (χ3v) is 7.06. The van der Waals surface area contributed by atoms with Crippen LogP contribution in [0.15, 0.2) is 18.2 Å². The molecule has 1 unspecified atom stereocenters. The molecular weight excluding hydrogens is 564 g/mol. The second-order valence-corrected chi connectivity index (χ2v) is 10.6. The maximum atomic E-state index is 13.1. The van der Waals surface area contributed by atoms with Crippen LogP contribution >= 0.6 is 11.8 Å². The van der Waals surface area contributed by atoms with E-state index in [2.05, 4.69) is 5.32 Å². The van der Waals surface area contributed by atoms with E-state index >= 15 is 0 Å². The van der Waals surface area contributed by atoms with E-state index in [-0.39, 0.29) is 24.3 Å². The van der Waals surface area contributed by atoms with Crippen molar-refractivity contribution in [1.29, 1.82) is 0 Å². The largest absolute Gasteiger partial charge is 0.453 e. The number of carbonyl (C=O) groups is 1. The molecule has 6 nitrogen and oxygen atoms in total. The fourth-order valence-corrected chi connectivity index (χ4v) is 4.55. The summed E-state index contributed by atoms with van der Waals surface area (Å²) in [5.41, 5.74) is -4.67. The van der Waals surface area contributed by atoms with Crippen LogP contribution in [0, 0.1) is 4.91 Å². The third kappa shape index (κ3) is 12.3. The second-order valence-electron chi connectivity index (χ2n) is 9.37. The summed E-state index contributed by atoms with van der Waals surface area (Å²) in [5, 5.41) is 21.5. The zero-order valence-corrected chi connectivity index (χ0v) is 22.1. The van der Waals surface area contributed by atoms with E-state index in [0.717, 1.165) is 38.2 Å². The molecule has 1 amide bonds. The molecule has 39 heavy (non-hydrogen) atoms. The predicted molar refractivity (Wildman–Crippen MR) is 130 cm³/mol. The normalized spacial score (nSPS) is 14.2. The van der Waals surface area contributed by atoms with Gasteiger partial charge in [0.15, 0.2) is 0 Å². The number of hydrogen-bond acceptors (Lipinski definition) is 4. The fraction of sp³-hybridized carbons (Fsp3) is 0.708. The molecule has 224 valence electrons. The molecule has 0 aromatic heterocycles. The molecule has 1 rings (SSSR count). The highest BCUT2D eigenvalue weighted by Gasteiger charge is 2.56.